The lowest BCUT2D eigenvalue weighted by atomic mass is 9.86. The number of fused-ring (bicyclic) bond motifs is 1. The van der Waals surface area contributed by atoms with Gasteiger partial charge in [-0.1, -0.05) is 37.6 Å². The highest BCUT2D eigenvalue weighted by atomic mass is 35.5. The predicted molar refractivity (Wildman–Crippen MR) is 182 cm³/mol. The number of methoxy groups -OCH3 is 1. The maximum Gasteiger partial charge on any atom is 0.232 e. The van der Waals surface area contributed by atoms with Crippen molar-refractivity contribution in [2.45, 2.75) is 71.4 Å². The highest BCUT2D eigenvalue weighted by molar-refractivity contribution is 6.30. The Morgan fingerprint density at radius 2 is 1.71 bits per heavy atom. The lowest BCUT2D eigenvalue weighted by Gasteiger charge is -2.38. The van der Waals surface area contributed by atoms with E-state index in [0.29, 0.717) is 28.9 Å². The van der Waals surface area contributed by atoms with E-state index in [1.54, 1.807) is 7.11 Å². The summed E-state index contributed by atoms with van der Waals surface area (Å²) in [6.07, 6.45) is 4.74. The smallest absolute Gasteiger partial charge is 0.232 e. The van der Waals surface area contributed by atoms with E-state index in [-0.39, 0.29) is 30.4 Å². The predicted octanol–water partition coefficient (Wildman–Crippen LogP) is 7.68. The fourth-order valence-electron chi connectivity index (χ4n) is 6.47. The molecule has 1 saturated heterocycles. The van der Waals surface area contributed by atoms with Gasteiger partial charge in [0.1, 0.15) is 0 Å². The molecule has 7 nitrogen and oxygen atoms in total. The Labute approximate surface area is 273 Å². The zero-order chi connectivity index (χ0) is 32.1. The highest BCUT2D eigenvalue weighted by Gasteiger charge is 2.36. The van der Waals surface area contributed by atoms with E-state index in [0.717, 1.165) is 73.4 Å². The summed E-state index contributed by atoms with van der Waals surface area (Å²) in [7, 11) is 3.75. The molecule has 1 fully saturated rings. The van der Waals surface area contributed by atoms with Crippen LogP contribution in [0, 0.1) is 5.92 Å². The number of piperidine rings is 1. The summed E-state index contributed by atoms with van der Waals surface area (Å²) in [6, 6.07) is 19.7. The summed E-state index contributed by atoms with van der Waals surface area (Å²) in [4.78, 5) is 32.4. The Morgan fingerprint density at radius 1 is 1.02 bits per heavy atom. The van der Waals surface area contributed by atoms with Crippen molar-refractivity contribution in [2.24, 2.45) is 5.92 Å². The Bertz CT molecular complexity index is 1470. The Hall–Kier alpha value is -3.71. The first-order valence-corrected chi connectivity index (χ1v) is 16.6. The van der Waals surface area contributed by atoms with Crippen molar-refractivity contribution in [3.8, 4) is 11.5 Å². The van der Waals surface area contributed by atoms with Crippen molar-refractivity contribution in [1.29, 1.82) is 0 Å². The molecule has 45 heavy (non-hydrogen) atoms. The van der Waals surface area contributed by atoms with Crippen molar-refractivity contribution in [1.82, 2.24) is 4.90 Å². The molecule has 0 radical (unpaired) electrons. The third-order valence-corrected chi connectivity index (χ3v) is 9.46. The van der Waals surface area contributed by atoms with Crippen molar-refractivity contribution < 1.29 is 19.1 Å². The second-order valence-electron chi connectivity index (χ2n) is 12.4. The standard InChI is InChI=1S/C37H46ClN3O4/c1-6-8-35(42)40-19-17-26(18-20-40)24-39(4)30-13-15-31(16-14-30)41-36(43)22-28-21-33(44-5)34(45-25(3)7-2)23-32(28)37(41)27-9-11-29(38)12-10-27/h9-16,21,23,25-26,37H,6-8,17-20,22,24H2,1-5H3. The van der Waals surface area contributed by atoms with Gasteiger partial charge >= 0.3 is 0 Å². The molecule has 2 atom stereocenters. The van der Waals surface area contributed by atoms with E-state index in [9.17, 15) is 9.59 Å². The molecular weight excluding hydrogens is 586 g/mol. The summed E-state index contributed by atoms with van der Waals surface area (Å²) >= 11 is 6.28. The number of benzene rings is 3. The van der Waals surface area contributed by atoms with Crippen LogP contribution in [-0.4, -0.2) is 56.6 Å². The van der Waals surface area contributed by atoms with Crippen molar-refractivity contribution >= 4 is 34.8 Å². The van der Waals surface area contributed by atoms with Crippen LogP contribution in [0.25, 0.3) is 0 Å². The van der Waals surface area contributed by atoms with Gasteiger partial charge in [0, 0.05) is 49.5 Å². The second-order valence-corrected chi connectivity index (χ2v) is 12.8. The quantitative estimate of drug-likeness (QED) is 0.217. The zero-order valence-corrected chi connectivity index (χ0v) is 28.0. The number of halogens is 1. The van der Waals surface area contributed by atoms with Gasteiger partial charge in [-0.05, 0) is 104 Å². The van der Waals surface area contributed by atoms with E-state index >= 15 is 0 Å². The topological polar surface area (TPSA) is 62.3 Å². The SMILES string of the molecule is CCCC(=O)N1CCC(CN(C)c2ccc(N3C(=O)Cc4cc(OC)c(OC(C)CC)cc4C3c3ccc(Cl)cc3)cc2)CC1. The monoisotopic (exact) mass is 631 g/mol. The molecule has 2 unspecified atom stereocenters. The van der Waals surface area contributed by atoms with Crippen molar-refractivity contribution in [3.05, 3.63) is 82.4 Å². The second kappa shape index (κ2) is 14.6. The molecule has 2 aliphatic rings. The molecule has 2 amide bonds. The molecular formula is C37H46ClN3O4. The molecule has 8 heteroatoms. The van der Waals surface area contributed by atoms with Gasteiger partial charge in [0.2, 0.25) is 11.8 Å². The van der Waals surface area contributed by atoms with Crippen LogP contribution in [0.2, 0.25) is 5.02 Å². The van der Waals surface area contributed by atoms with E-state index in [2.05, 4.69) is 37.9 Å². The molecule has 0 aromatic heterocycles. The number of nitrogens with zero attached hydrogens (tertiary/aromatic N) is 3. The molecule has 240 valence electrons. The van der Waals surface area contributed by atoms with E-state index in [4.69, 9.17) is 21.1 Å². The van der Waals surface area contributed by atoms with Gasteiger partial charge in [-0.3, -0.25) is 9.59 Å². The lowest BCUT2D eigenvalue weighted by molar-refractivity contribution is -0.132. The third kappa shape index (κ3) is 7.41. The van der Waals surface area contributed by atoms with Gasteiger partial charge in [-0.15, -0.1) is 0 Å². The van der Waals surface area contributed by atoms with E-state index in [1.807, 2.05) is 65.3 Å². The summed E-state index contributed by atoms with van der Waals surface area (Å²) < 4.78 is 12.0. The fourth-order valence-corrected chi connectivity index (χ4v) is 6.60. The van der Waals surface area contributed by atoms with Crippen molar-refractivity contribution in [3.63, 3.8) is 0 Å². The maximum absolute atomic E-state index is 13.9. The van der Waals surface area contributed by atoms with Crippen LogP contribution in [0.1, 0.15) is 75.6 Å². The Balaban J connectivity index is 1.40. The van der Waals surface area contributed by atoms with Gasteiger partial charge in [-0.25, -0.2) is 0 Å². The van der Waals surface area contributed by atoms with Crippen LogP contribution < -0.4 is 19.3 Å². The minimum absolute atomic E-state index is 0.0191. The number of carbonyl (C=O) groups is 2. The molecule has 0 spiro atoms. The lowest BCUT2D eigenvalue weighted by Crippen LogP contribution is -2.41. The van der Waals surface area contributed by atoms with Crippen LogP contribution in [-0.2, 0) is 16.0 Å². The number of hydrogen-bond donors (Lipinski definition) is 0. The number of likely N-dealkylation sites (tertiary alicyclic amines) is 1. The molecule has 0 bridgehead atoms. The van der Waals surface area contributed by atoms with Gasteiger partial charge in [0.05, 0.1) is 25.7 Å². The number of carbonyl (C=O) groups excluding carboxylic acids is 2. The first kappa shape index (κ1) is 32.7. The minimum Gasteiger partial charge on any atom is -0.493 e. The first-order chi connectivity index (χ1) is 21.7. The van der Waals surface area contributed by atoms with Crippen LogP contribution in [0.15, 0.2) is 60.7 Å². The number of ether oxygens (including phenoxy) is 2. The molecule has 5 rings (SSSR count). The normalized spacial score (nSPS) is 17.6. The van der Waals surface area contributed by atoms with Crippen LogP contribution >= 0.6 is 11.6 Å². The molecule has 2 heterocycles. The highest BCUT2D eigenvalue weighted by Crippen LogP contribution is 2.44. The third-order valence-electron chi connectivity index (χ3n) is 9.21. The van der Waals surface area contributed by atoms with E-state index in [1.165, 1.54) is 0 Å². The number of hydrogen-bond acceptors (Lipinski definition) is 5. The van der Waals surface area contributed by atoms with Crippen molar-refractivity contribution in [2.75, 3.05) is 43.6 Å². The Kier molecular flexibility index (Phi) is 10.6. The maximum atomic E-state index is 13.9. The molecule has 0 saturated carbocycles. The summed E-state index contributed by atoms with van der Waals surface area (Å²) in [5.74, 6) is 2.15. The zero-order valence-electron chi connectivity index (χ0n) is 27.2. The molecule has 0 aliphatic carbocycles. The average Bonchev–Trinajstić information content (AvgIpc) is 3.05. The first-order valence-electron chi connectivity index (χ1n) is 16.3. The van der Waals surface area contributed by atoms with Crippen LogP contribution in [0.5, 0.6) is 11.5 Å². The van der Waals surface area contributed by atoms with Gasteiger partial charge in [0.15, 0.2) is 11.5 Å². The average molecular weight is 632 g/mol. The van der Waals surface area contributed by atoms with Gasteiger partial charge < -0.3 is 24.2 Å². The minimum atomic E-state index is -0.354. The number of anilines is 2. The largest absolute Gasteiger partial charge is 0.493 e. The molecule has 0 N–H and O–H groups in total. The summed E-state index contributed by atoms with van der Waals surface area (Å²) in [5, 5.41) is 0.647. The van der Waals surface area contributed by atoms with Crippen LogP contribution in [0.4, 0.5) is 11.4 Å². The van der Waals surface area contributed by atoms with Gasteiger partial charge in [0.25, 0.3) is 0 Å². The fraction of sp³-hybridized carbons (Fsp3) is 0.459. The molecule has 3 aromatic carbocycles. The summed E-state index contributed by atoms with van der Waals surface area (Å²) in [6.45, 7) is 8.81. The molecule has 2 aliphatic heterocycles. The molecule has 3 aromatic rings. The van der Waals surface area contributed by atoms with E-state index < -0.39 is 0 Å². The number of amides is 2. The van der Waals surface area contributed by atoms with Crippen LogP contribution in [0.3, 0.4) is 0 Å². The number of rotatable bonds is 11. The van der Waals surface area contributed by atoms with Gasteiger partial charge in [-0.2, -0.15) is 0 Å². The Morgan fingerprint density at radius 3 is 2.33 bits per heavy atom. The summed E-state index contributed by atoms with van der Waals surface area (Å²) in [5.41, 5.74) is 4.86.